The zero-order valence-corrected chi connectivity index (χ0v) is 17.1. The molecule has 0 aliphatic carbocycles. The molecule has 3 aromatic rings. The van der Waals surface area contributed by atoms with E-state index in [1.807, 2.05) is 25.1 Å². The summed E-state index contributed by atoms with van der Waals surface area (Å²) in [7, 11) is 0. The van der Waals surface area contributed by atoms with Gasteiger partial charge in [-0.15, -0.1) is 0 Å². The standard InChI is InChI=1S/C24H23N3O4/c1-17(11-12-18-7-3-2-4-8-18)25-23(28)19-13-15-20(16-14-19)26-24(29)21-9-5-6-10-22(21)27(30)31/h2-10,13-17H,11-12H2,1H3,(H,25,28)(H,26,29)/t17-/m1/s1. The van der Waals surface area contributed by atoms with Crippen molar-refractivity contribution in [1.82, 2.24) is 5.32 Å². The Morgan fingerprint density at radius 3 is 2.23 bits per heavy atom. The van der Waals surface area contributed by atoms with Crippen LogP contribution in [0.2, 0.25) is 0 Å². The van der Waals surface area contributed by atoms with Gasteiger partial charge in [0.05, 0.1) is 4.92 Å². The number of nitrogens with zero attached hydrogens (tertiary/aromatic N) is 1. The van der Waals surface area contributed by atoms with Crippen molar-refractivity contribution in [1.29, 1.82) is 0 Å². The topological polar surface area (TPSA) is 101 Å². The number of rotatable bonds is 8. The molecule has 158 valence electrons. The van der Waals surface area contributed by atoms with E-state index in [4.69, 9.17) is 0 Å². The number of aryl methyl sites for hydroxylation is 1. The lowest BCUT2D eigenvalue weighted by Crippen LogP contribution is -2.32. The van der Waals surface area contributed by atoms with Gasteiger partial charge in [0.15, 0.2) is 0 Å². The summed E-state index contributed by atoms with van der Waals surface area (Å²) in [6.07, 6.45) is 1.69. The molecule has 0 aliphatic heterocycles. The molecule has 1 atom stereocenters. The van der Waals surface area contributed by atoms with Gasteiger partial charge in [0.1, 0.15) is 5.56 Å². The van der Waals surface area contributed by atoms with E-state index in [1.165, 1.54) is 23.8 Å². The number of hydrogen-bond donors (Lipinski definition) is 2. The third-order valence-corrected chi connectivity index (χ3v) is 4.84. The van der Waals surface area contributed by atoms with Crippen LogP contribution in [-0.4, -0.2) is 22.8 Å². The largest absolute Gasteiger partial charge is 0.350 e. The number of carbonyl (C=O) groups is 2. The normalized spacial score (nSPS) is 11.4. The van der Waals surface area contributed by atoms with Crippen LogP contribution in [0.1, 0.15) is 39.6 Å². The summed E-state index contributed by atoms with van der Waals surface area (Å²) < 4.78 is 0. The summed E-state index contributed by atoms with van der Waals surface area (Å²) in [5.41, 5.74) is 1.84. The Morgan fingerprint density at radius 1 is 0.903 bits per heavy atom. The summed E-state index contributed by atoms with van der Waals surface area (Å²) in [5.74, 6) is -0.781. The van der Waals surface area contributed by atoms with Crippen molar-refractivity contribution in [2.24, 2.45) is 0 Å². The van der Waals surface area contributed by atoms with E-state index in [0.29, 0.717) is 11.3 Å². The molecule has 3 rings (SSSR count). The number of para-hydroxylation sites is 1. The van der Waals surface area contributed by atoms with Crippen LogP contribution < -0.4 is 10.6 Å². The Balaban J connectivity index is 1.56. The van der Waals surface area contributed by atoms with Crippen molar-refractivity contribution < 1.29 is 14.5 Å². The van der Waals surface area contributed by atoms with Crippen molar-refractivity contribution in [2.75, 3.05) is 5.32 Å². The van der Waals surface area contributed by atoms with E-state index in [-0.39, 0.29) is 23.2 Å². The highest BCUT2D eigenvalue weighted by atomic mass is 16.6. The number of amides is 2. The van der Waals surface area contributed by atoms with E-state index in [1.54, 1.807) is 30.3 Å². The monoisotopic (exact) mass is 417 g/mol. The lowest BCUT2D eigenvalue weighted by Gasteiger charge is -2.14. The molecular weight excluding hydrogens is 394 g/mol. The van der Waals surface area contributed by atoms with Gasteiger partial charge < -0.3 is 10.6 Å². The first-order valence-corrected chi connectivity index (χ1v) is 9.93. The second-order valence-corrected chi connectivity index (χ2v) is 7.20. The molecule has 0 aliphatic rings. The number of nitrogens with one attached hydrogen (secondary N) is 2. The van der Waals surface area contributed by atoms with Crippen LogP contribution in [0.15, 0.2) is 78.9 Å². The third kappa shape index (κ3) is 5.99. The average Bonchev–Trinajstić information content (AvgIpc) is 2.78. The highest BCUT2D eigenvalue weighted by Gasteiger charge is 2.19. The molecule has 0 aromatic heterocycles. The van der Waals surface area contributed by atoms with E-state index in [2.05, 4.69) is 22.8 Å². The molecule has 0 bridgehead atoms. The number of hydrogen-bond acceptors (Lipinski definition) is 4. The maximum Gasteiger partial charge on any atom is 0.282 e. The third-order valence-electron chi connectivity index (χ3n) is 4.84. The van der Waals surface area contributed by atoms with Crippen LogP contribution in [-0.2, 0) is 6.42 Å². The number of nitro groups is 1. The fraction of sp³-hybridized carbons (Fsp3) is 0.167. The van der Waals surface area contributed by atoms with E-state index in [9.17, 15) is 19.7 Å². The quantitative estimate of drug-likeness (QED) is 0.413. The van der Waals surface area contributed by atoms with E-state index >= 15 is 0 Å². The second-order valence-electron chi connectivity index (χ2n) is 7.20. The predicted octanol–water partition coefficient (Wildman–Crippen LogP) is 4.60. The summed E-state index contributed by atoms with van der Waals surface area (Å²) in [4.78, 5) is 35.4. The van der Waals surface area contributed by atoms with Crippen LogP contribution in [0.4, 0.5) is 11.4 Å². The Morgan fingerprint density at radius 2 is 1.55 bits per heavy atom. The molecule has 7 heteroatoms. The second kappa shape index (κ2) is 10.2. The Kier molecular flexibility index (Phi) is 7.11. The highest BCUT2D eigenvalue weighted by Crippen LogP contribution is 2.19. The Hall–Kier alpha value is -4.00. The predicted molar refractivity (Wildman–Crippen MR) is 119 cm³/mol. The van der Waals surface area contributed by atoms with Gasteiger partial charge in [-0.3, -0.25) is 19.7 Å². The maximum absolute atomic E-state index is 12.5. The minimum atomic E-state index is -0.596. The minimum Gasteiger partial charge on any atom is -0.350 e. The smallest absolute Gasteiger partial charge is 0.282 e. The van der Waals surface area contributed by atoms with Gasteiger partial charge in [-0.05, 0) is 55.7 Å². The van der Waals surface area contributed by atoms with Gasteiger partial charge in [0.25, 0.3) is 17.5 Å². The van der Waals surface area contributed by atoms with Gasteiger partial charge in [-0.2, -0.15) is 0 Å². The van der Waals surface area contributed by atoms with Crippen molar-refractivity contribution in [3.63, 3.8) is 0 Å². The number of benzene rings is 3. The van der Waals surface area contributed by atoms with Gasteiger partial charge in [-0.25, -0.2) is 0 Å². The SMILES string of the molecule is C[C@H](CCc1ccccc1)NC(=O)c1ccc(NC(=O)c2ccccc2[N+](=O)[O-])cc1. The lowest BCUT2D eigenvalue weighted by atomic mass is 10.1. The molecule has 2 amide bonds. The fourth-order valence-corrected chi connectivity index (χ4v) is 3.14. The van der Waals surface area contributed by atoms with Crippen LogP contribution in [0.3, 0.4) is 0 Å². The van der Waals surface area contributed by atoms with Crippen LogP contribution in [0, 0.1) is 10.1 Å². The maximum atomic E-state index is 12.5. The molecule has 0 saturated carbocycles. The van der Waals surface area contributed by atoms with Crippen molar-refractivity contribution in [2.45, 2.75) is 25.8 Å². The van der Waals surface area contributed by atoms with Crippen LogP contribution in [0.5, 0.6) is 0 Å². The molecule has 0 unspecified atom stereocenters. The highest BCUT2D eigenvalue weighted by molar-refractivity contribution is 6.07. The molecule has 0 spiro atoms. The van der Waals surface area contributed by atoms with Crippen molar-refractivity contribution in [3.8, 4) is 0 Å². The van der Waals surface area contributed by atoms with Crippen molar-refractivity contribution >= 4 is 23.2 Å². The molecule has 3 aromatic carbocycles. The van der Waals surface area contributed by atoms with Gasteiger partial charge in [0.2, 0.25) is 0 Å². The average molecular weight is 417 g/mol. The zero-order chi connectivity index (χ0) is 22.2. The van der Waals surface area contributed by atoms with Crippen LogP contribution in [0.25, 0.3) is 0 Å². The Labute approximate surface area is 180 Å². The number of anilines is 1. The molecule has 0 radical (unpaired) electrons. The molecule has 0 heterocycles. The first-order chi connectivity index (χ1) is 14.9. The minimum absolute atomic E-state index is 0.00529. The Bertz CT molecular complexity index is 1070. The molecule has 0 saturated heterocycles. The first kappa shape index (κ1) is 21.7. The lowest BCUT2D eigenvalue weighted by molar-refractivity contribution is -0.385. The van der Waals surface area contributed by atoms with Gasteiger partial charge >= 0.3 is 0 Å². The van der Waals surface area contributed by atoms with Crippen molar-refractivity contribution in [3.05, 3.63) is 106 Å². The number of nitro benzene ring substituents is 1. The summed E-state index contributed by atoms with van der Waals surface area (Å²) in [5, 5.41) is 16.7. The van der Waals surface area contributed by atoms with Gasteiger partial charge in [0, 0.05) is 23.4 Å². The summed E-state index contributed by atoms with van der Waals surface area (Å²) >= 11 is 0. The first-order valence-electron chi connectivity index (χ1n) is 9.93. The summed E-state index contributed by atoms with van der Waals surface area (Å²) in [6, 6.07) is 22.2. The molecule has 31 heavy (non-hydrogen) atoms. The molecule has 0 fully saturated rings. The molecule has 2 N–H and O–H groups in total. The molecular formula is C24H23N3O4. The van der Waals surface area contributed by atoms with E-state index in [0.717, 1.165) is 12.8 Å². The van der Waals surface area contributed by atoms with E-state index < -0.39 is 10.8 Å². The molecule has 7 nitrogen and oxygen atoms in total. The number of carbonyl (C=O) groups excluding carboxylic acids is 2. The fourth-order valence-electron chi connectivity index (χ4n) is 3.14. The zero-order valence-electron chi connectivity index (χ0n) is 17.1. The summed E-state index contributed by atoms with van der Waals surface area (Å²) in [6.45, 7) is 1.96. The van der Waals surface area contributed by atoms with Gasteiger partial charge in [-0.1, -0.05) is 42.5 Å². The van der Waals surface area contributed by atoms with Crippen LogP contribution >= 0.6 is 0 Å².